The molecule has 0 fully saturated rings. The average Bonchev–Trinajstić information content (AvgIpc) is 2.20. The van der Waals surface area contributed by atoms with Crippen LogP contribution in [0.3, 0.4) is 0 Å². The van der Waals surface area contributed by atoms with Crippen LogP contribution in [-0.4, -0.2) is 19.5 Å². The van der Waals surface area contributed by atoms with Gasteiger partial charge in [0.1, 0.15) is 5.78 Å². The van der Waals surface area contributed by atoms with Crippen molar-refractivity contribution in [2.75, 3.05) is 13.7 Å². The van der Waals surface area contributed by atoms with Crippen molar-refractivity contribution in [1.29, 1.82) is 0 Å². The molecule has 0 saturated carbocycles. The summed E-state index contributed by atoms with van der Waals surface area (Å²) >= 11 is 0. The Kier molecular flexibility index (Phi) is 5.53. The first-order valence-electron chi connectivity index (χ1n) is 5.51. The predicted octanol–water partition coefficient (Wildman–Crippen LogP) is 2.87. The number of hydrogen-bond donors (Lipinski definition) is 0. The fourth-order valence-electron chi connectivity index (χ4n) is 1.82. The highest BCUT2D eigenvalue weighted by Gasteiger charge is 2.08. The largest absolute Gasteiger partial charge is 0.385 e. The van der Waals surface area contributed by atoms with Gasteiger partial charge in [0.15, 0.2) is 0 Å². The van der Waals surface area contributed by atoms with Crippen LogP contribution < -0.4 is 0 Å². The van der Waals surface area contributed by atoms with E-state index in [2.05, 4.69) is 6.08 Å². The van der Waals surface area contributed by atoms with Crippen LogP contribution in [0.1, 0.15) is 44.9 Å². The average molecular weight is 196 g/mol. The summed E-state index contributed by atoms with van der Waals surface area (Å²) in [5, 5.41) is 0. The minimum Gasteiger partial charge on any atom is -0.385 e. The Bertz CT molecular complexity index is 206. The number of rotatable bonds is 6. The standard InChI is InChI=1S/C12H20O2/c1-14-9-5-8-12(13)10-11-6-3-2-4-7-11/h6H,2-5,7-10H2,1H3. The van der Waals surface area contributed by atoms with Crippen molar-refractivity contribution in [3.8, 4) is 0 Å². The first kappa shape index (κ1) is 11.4. The highest BCUT2D eigenvalue weighted by atomic mass is 16.5. The summed E-state index contributed by atoms with van der Waals surface area (Å²) in [5.74, 6) is 0.371. The van der Waals surface area contributed by atoms with E-state index in [1.165, 1.54) is 24.8 Å². The third-order valence-corrected chi connectivity index (χ3v) is 2.61. The second-order valence-electron chi connectivity index (χ2n) is 3.92. The molecule has 0 unspecified atom stereocenters. The van der Waals surface area contributed by atoms with E-state index < -0.39 is 0 Å². The molecule has 0 aromatic rings. The van der Waals surface area contributed by atoms with E-state index in [0.29, 0.717) is 25.2 Å². The maximum Gasteiger partial charge on any atom is 0.137 e. The molecule has 1 aliphatic carbocycles. The first-order chi connectivity index (χ1) is 6.83. The van der Waals surface area contributed by atoms with Gasteiger partial charge in [0, 0.05) is 26.6 Å². The Hall–Kier alpha value is -0.630. The normalized spacial score (nSPS) is 16.5. The Labute approximate surface area is 86.3 Å². The van der Waals surface area contributed by atoms with E-state index in [9.17, 15) is 4.79 Å². The van der Waals surface area contributed by atoms with Gasteiger partial charge < -0.3 is 4.74 Å². The van der Waals surface area contributed by atoms with Gasteiger partial charge in [-0.2, -0.15) is 0 Å². The number of Topliss-reactive ketones (excluding diaryl/α,β-unsaturated/α-hetero) is 1. The van der Waals surface area contributed by atoms with Crippen LogP contribution in [0, 0.1) is 0 Å². The predicted molar refractivity (Wildman–Crippen MR) is 57.3 cm³/mol. The number of allylic oxidation sites excluding steroid dienone is 2. The number of carbonyl (C=O) groups excluding carboxylic acids is 1. The summed E-state index contributed by atoms with van der Waals surface area (Å²) in [7, 11) is 1.67. The van der Waals surface area contributed by atoms with Gasteiger partial charge in [-0.25, -0.2) is 0 Å². The van der Waals surface area contributed by atoms with Crippen LogP contribution in [0.25, 0.3) is 0 Å². The molecule has 2 nitrogen and oxygen atoms in total. The number of hydrogen-bond acceptors (Lipinski definition) is 2. The smallest absolute Gasteiger partial charge is 0.137 e. The molecular formula is C12H20O2. The van der Waals surface area contributed by atoms with Crippen LogP contribution in [-0.2, 0) is 9.53 Å². The second kappa shape index (κ2) is 6.77. The maximum absolute atomic E-state index is 11.5. The van der Waals surface area contributed by atoms with E-state index in [1.54, 1.807) is 7.11 Å². The lowest BCUT2D eigenvalue weighted by Crippen LogP contribution is -2.03. The van der Waals surface area contributed by atoms with Crippen LogP contribution in [0.4, 0.5) is 0 Å². The zero-order valence-electron chi connectivity index (χ0n) is 9.05. The molecule has 0 spiro atoms. The minimum absolute atomic E-state index is 0.371. The van der Waals surface area contributed by atoms with E-state index in [1.807, 2.05) is 0 Å². The Balaban J connectivity index is 2.15. The molecule has 0 aromatic carbocycles. The van der Waals surface area contributed by atoms with Crippen molar-refractivity contribution >= 4 is 5.78 Å². The van der Waals surface area contributed by atoms with Gasteiger partial charge in [0.2, 0.25) is 0 Å². The third-order valence-electron chi connectivity index (χ3n) is 2.61. The molecule has 0 bridgehead atoms. The van der Waals surface area contributed by atoms with Gasteiger partial charge in [-0.1, -0.05) is 11.6 Å². The van der Waals surface area contributed by atoms with Gasteiger partial charge in [-0.05, 0) is 32.1 Å². The highest BCUT2D eigenvalue weighted by Crippen LogP contribution is 2.20. The summed E-state index contributed by atoms with van der Waals surface area (Å²) in [6, 6.07) is 0. The summed E-state index contributed by atoms with van der Waals surface area (Å²) in [6.07, 6.45) is 9.32. The Morgan fingerprint density at radius 2 is 2.36 bits per heavy atom. The van der Waals surface area contributed by atoms with Crippen molar-refractivity contribution in [1.82, 2.24) is 0 Å². The van der Waals surface area contributed by atoms with Crippen molar-refractivity contribution < 1.29 is 9.53 Å². The number of methoxy groups -OCH3 is 1. The summed E-state index contributed by atoms with van der Waals surface area (Å²) in [4.78, 5) is 11.5. The minimum atomic E-state index is 0.371. The SMILES string of the molecule is COCCCC(=O)CC1=CCCCC1. The van der Waals surface area contributed by atoms with Crippen LogP contribution in [0.15, 0.2) is 11.6 Å². The Morgan fingerprint density at radius 3 is 3.00 bits per heavy atom. The monoisotopic (exact) mass is 196 g/mol. The Morgan fingerprint density at radius 1 is 1.50 bits per heavy atom. The fourth-order valence-corrected chi connectivity index (χ4v) is 1.82. The molecule has 0 heterocycles. The number of carbonyl (C=O) groups is 1. The van der Waals surface area contributed by atoms with Gasteiger partial charge in [0.05, 0.1) is 0 Å². The molecule has 0 N–H and O–H groups in total. The van der Waals surface area contributed by atoms with Gasteiger partial charge in [0.25, 0.3) is 0 Å². The van der Waals surface area contributed by atoms with Crippen molar-refractivity contribution in [2.24, 2.45) is 0 Å². The van der Waals surface area contributed by atoms with Crippen molar-refractivity contribution in [2.45, 2.75) is 44.9 Å². The molecule has 0 saturated heterocycles. The molecule has 0 aliphatic heterocycles. The quantitative estimate of drug-likeness (QED) is 0.482. The molecule has 0 radical (unpaired) electrons. The summed E-state index contributed by atoms with van der Waals surface area (Å²) < 4.78 is 4.92. The van der Waals surface area contributed by atoms with Gasteiger partial charge >= 0.3 is 0 Å². The molecule has 0 amide bonds. The lowest BCUT2D eigenvalue weighted by molar-refractivity contribution is -0.118. The van der Waals surface area contributed by atoms with Gasteiger partial charge in [-0.15, -0.1) is 0 Å². The van der Waals surface area contributed by atoms with E-state index >= 15 is 0 Å². The molecule has 1 rings (SSSR count). The van der Waals surface area contributed by atoms with E-state index in [0.717, 1.165) is 12.8 Å². The summed E-state index contributed by atoms with van der Waals surface area (Å²) in [6.45, 7) is 0.699. The van der Waals surface area contributed by atoms with Crippen molar-refractivity contribution in [3.05, 3.63) is 11.6 Å². The lowest BCUT2D eigenvalue weighted by Gasteiger charge is -2.11. The third kappa shape index (κ3) is 4.56. The van der Waals surface area contributed by atoms with Crippen LogP contribution in [0.2, 0.25) is 0 Å². The number of ether oxygens (including phenoxy) is 1. The topological polar surface area (TPSA) is 26.3 Å². The zero-order chi connectivity index (χ0) is 10.2. The van der Waals surface area contributed by atoms with Crippen molar-refractivity contribution in [3.63, 3.8) is 0 Å². The molecule has 2 heteroatoms. The number of ketones is 1. The van der Waals surface area contributed by atoms with E-state index in [-0.39, 0.29) is 0 Å². The molecule has 1 aliphatic rings. The summed E-state index contributed by atoms with van der Waals surface area (Å²) in [5.41, 5.74) is 1.36. The zero-order valence-corrected chi connectivity index (χ0v) is 9.05. The molecule has 80 valence electrons. The lowest BCUT2D eigenvalue weighted by atomic mass is 9.95. The molecule has 0 atom stereocenters. The molecular weight excluding hydrogens is 176 g/mol. The van der Waals surface area contributed by atoms with Gasteiger partial charge in [-0.3, -0.25) is 4.79 Å². The molecule has 14 heavy (non-hydrogen) atoms. The van der Waals surface area contributed by atoms with Crippen LogP contribution >= 0.6 is 0 Å². The first-order valence-corrected chi connectivity index (χ1v) is 5.51. The molecule has 0 aromatic heterocycles. The second-order valence-corrected chi connectivity index (χ2v) is 3.92. The highest BCUT2D eigenvalue weighted by molar-refractivity contribution is 5.80. The van der Waals surface area contributed by atoms with E-state index in [4.69, 9.17) is 4.74 Å². The van der Waals surface area contributed by atoms with Crippen LogP contribution in [0.5, 0.6) is 0 Å². The fraction of sp³-hybridized carbons (Fsp3) is 0.750. The maximum atomic E-state index is 11.5.